The van der Waals surface area contributed by atoms with Gasteiger partial charge in [-0.15, -0.1) is 0 Å². The Morgan fingerprint density at radius 1 is 0.960 bits per heavy atom. The number of alkyl halides is 2. The van der Waals surface area contributed by atoms with Crippen molar-refractivity contribution in [3.05, 3.63) is 60.2 Å². The van der Waals surface area contributed by atoms with Gasteiger partial charge in [-0.05, 0) is 17.7 Å². The second-order valence-corrected chi connectivity index (χ2v) is 5.19. The highest BCUT2D eigenvalue weighted by atomic mass is 19.3. The second-order valence-electron chi connectivity index (χ2n) is 5.19. The lowest BCUT2D eigenvalue weighted by atomic mass is 10.1. The molecule has 2 amide bonds. The van der Waals surface area contributed by atoms with E-state index in [0.717, 1.165) is 5.56 Å². The molecule has 2 rings (SSSR count). The first-order chi connectivity index (χ1) is 12.0. The van der Waals surface area contributed by atoms with E-state index >= 15 is 0 Å². The summed E-state index contributed by atoms with van der Waals surface area (Å²) >= 11 is 0. The number of carbonyl (C=O) groups is 2. The second kappa shape index (κ2) is 9.36. The third kappa shape index (κ3) is 6.58. The maximum Gasteiger partial charge on any atom is 0.387 e. The lowest BCUT2D eigenvalue weighted by molar-refractivity contribution is -0.120. The Kier molecular flexibility index (Phi) is 6.88. The molecular formula is C18H18F2N2O3. The molecule has 2 aromatic carbocycles. The quantitative estimate of drug-likeness (QED) is 0.771. The van der Waals surface area contributed by atoms with Crippen LogP contribution in [-0.2, 0) is 16.0 Å². The standard InChI is InChI=1S/C18H18F2N2O3/c19-18(20)25-15-9-5-4-8-14(15)22-16(23)10-11-21-17(24)12-13-6-2-1-3-7-13/h1-9,18H,10-12H2,(H,21,24)(H,22,23). The fourth-order valence-electron chi connectivity index (χ4n) is 2.14. The summed E-state index contributed by atoms with van der Waals surface area (Å²) in [6, 6.07) is 15.1. The van der Waals surface area contributed by atoms with Gasteiger partial charge in [0.25, 0.3) is 0 Å². The van der Waals surface area contributed by atoms with E-state index < -0.39 is 12.5 Å². The number of amides is 2. The van der Waals surface area contributed by atoms with Gasteiger partial charge in [-0.2, -0.15) is 8.78 Å². The van der Waals surface area contributed by atoms with Crippen LogP contribution in [0.3, 0.4) is 0 Å². The van der Waals surface area contributed by atoms with Gasteiger partial charge >= 0.3 is 6.61 Å². The van der Waals surface area contributed by atoms with E-state index in [1.54, 1.807) is 6.07 Å². The van der Waals surface area contributed by atoms with Crippen LogP contribution in [0.2, 0.25) is 0 Å². The Labute approximate surface area is 144 Å². The molecule has 0 atom stereocenters. The summed E-state index contributed by atoms with van der Waals surface area (Å²) in [7, 11) is 0. The zero-order chi connectivity index (χ0) is 18.1. The van der Waals surface area contributed by atoms with Crippen LogP contribution in [0.1, 0.15) is 12.0 Å². The molecule has 0 fully saturated rings. The first-order valence-electron chi connectivity index (χ1n) is 7.69. The van der Waals surface area contributed by atoms with Gasteiger partial charge in [0.2, 0.25) is 11.8 Å². The Hall–Kier alpha value is -2.96. The highest BCUT2D eigenvalue weighted by Crippen LogP contribution is 2.25. The van der Waals surface area contributed by atoms with Crippen LogP contribution in [-0.4, -0.2) is 25.0 Å². The van der Waals surface area contributed by atoms with E-state index in [1.807, 2.05) is 30.3 Å². The summed E-state index contributed by atoms with van der Waals surface area (Å²) < 4.78 is 29.0. The van der Waals surface area contributed by atoms with E-state index in [9.17, 15) is 18.4 Å². The monoisotopic (exact) mass is 348 g/mol. The molecule has 0 saturated heterocycles. The van der Waals surface area contributed by atoms with Gasteiger partial charge in [0, 0.05) is 13.0 Å². The van der Waals surface area contributed by atoms with Crippen molar-refractivity contribution in [1.82, 2.24) is 5.32 Å². The van der Waals surface area contributed by atoms with Crippen LogP contribution in [0.4, 0.5) is 14.5 Å². The molecule has 0 heterocycles. The van der Waals surface area contributed by atoms with Crippen molar-refractivity contribution in [2.75, 3.05) is 11.9 Å². The van der Waals surface area contributed by atoms with Crippen LogP contribution in [0.15, 0.2) is 54.6 Å². The largest absolute Gasteiger partial charge is 0.433 e. The van der Waals surface area contributed by atoms with Crippen LogP contribution < -0.4 is 15.4 Å². The Morgan fingerprint density at radius 3 is 2.36 bits per heavy atom. The van der Waals surface area contributed by atoms with Gasteiger partial charge in [-0.25, -0.2) is 0 Å². The number of rotatable bonds is 8. The van der Waals surface area contributed by atoms with Gasteiger partial charge < -0.3 is 15.4 Å². The van der Waals surface area contributed by atoms with E-state index in [1.165, 1.54) is 18.2 Å². The van der Waals surface area contributed by atoms with Crippen molar-refractivity contribution in [2.24, 2.45) is 0 Å². The molecule has 5 nitrogen and oxygen atoms in total. The zero-order valence-corrected chi connectivity index (χ0v) is 13.4. The number of ether oxygens (including phenoxy) is 1. The average Bonchev–Trinajstić information content (AvgIpc) is 2.57. The predicted molar refractivity (Wildman–Crippen MR) is 89.5 cm³/mol. The molecule has 2 aromatic rings. The minimum atomic E-state index is -2.98. The third-order valence-corrected chi connectivity index (χ3v) is 3.26. The van der Waals surface area contributed by atoms with Crippen molar-refractivity contribution in [2.45, 2.75) is 19.5 Å². The minimum absolute atomic E-state index is 0.0174. The fourth-order valence-corrected chi connectivity index (χ4v) is 2.14. The van der Waals surface area contributed by atoms with Crippen LogP contribution in [0.5, 0.6) is 5.75 Å². The molecule has 0 unspecified atom stereocenters. The zero-order valence-electron chi connectivity index (χ0n) is 13.4. The van der Waals surface area contributed by atoms with Crippen molar-refractivity contribution in [3.8, 4) is 5.75 Å². The summed E-state index contributed by atoms with van der Waals surface area (Å²) in [4.78, 5) is 23.7. The Balaban J connectivity index is 1.76. The molecule has 0 saturated carbocycles. The number of halogens is 2. The van der Waals surface area contributed by atoms with Gasteiger partial charge in [0.05, 0.1) is 12.1 Å². The lowest BCUT2D eigenvalue weighted by Gasteiger charge is -2.11. The smallest absolute Gasteiger partial charge is 0.387 e. The number of carbonyl (C=O) groups excluding carboxylic acids is 2. The number of para-hydroxylation sites is 2. The summed E-state index contributed by atoms with van der Waals surface area (Å²) in [6.07, 6.45) is 0.247. The van der Waals surface area contributed by atoms with Crippen molar-refractivity contribution in [1.29, 1.82) is 0 Å². The number of hydrogen-bond donors (Lipinski definition) is 2. The highest BCUT2D eigenvalue weighted by molar-refractivity contribution is 5.92. The van der Waals surface area contributed by atoms with Gasteiger partial charge in [0.1, 0.15) is 5.75 Å². The van der Waals surface area contributed by atoms with E-state index in [-0.39, 0.29) is 36.7 Å². The molecule has 0 aliphatic rings. The minimum Gasteiger partial charge on any atom is -0.433 e. The predicted octanol–water partition coefficient (Wildman–Crippen LogP) is 2.98. The highest BCUT2D eigenvalue weighted by Gasteiger charge is 2.11. The maximum atomic E-state index is 12.3. The molecule has 7 heteroatoms. The molecule has 0 radical (unpaired) electrons. The van der Waals surface area contributed by atoms with Gasteiger partial charge in [0.15, 0.2) is 0 Å². The van der Waals surface area contributed by atoms with Crippen LogP contribution >= 0.6 is 0 Å². The summed E-state index contributed by atoms with van der Waals surface area (Å²) in [5, 5.41) is 5.13. The molecule has 25 heavy (non-hydrogen) atoms. The lowest BCUT2D eigenvalue weighted by Crippen LogP contribution is -2.29. The van der Waals surface area contributed by atoms with Gasteiger partial charge in [-0.3, -0.25) is 9.59 Å². The number of nitrogens with one attached hydrogen (secondary N) is 2. The van der Waals surface area contributed by atoms with Crippen molar-refractivity contribution in [3.63, 3.8) is 0 Å². The van der Waals surface area contributed by atoms with E-state index in [0.29, 0.717) is 0 Å². The number of hydrogen-bond acceptors (Lipinski definition) is 3. The normalized spacial score (nSPS) is 10.4. The fraction of sp³-hybridized carbons (Fsp3) is 0.222. The summed E-state index contributed by atoms with van der Waals surface area (Å²) in [5.74, 6) is -0.718. The van der Waals surface area contributed by atoms with Gasteiger partial charge in [-0.1, -0.05) is 42.5 Å². The Bertz CT molecular complexity index is 708. The SMILES string of the molecule is O=C(Cc1ccccc1)NCCC(=O)Nc1ccccc1OC(F)F. The third-order valence-electron chi connectivity index (χ3n) is 3.26. The molecular weight excluding hydrogens is 330 g/mol. The van der Waals surface area contributed by atoms with Crippen molar-refractivity contribution < 1.29 is 23.1 Å². The number of anilines is 1. The van der Waals surface area contributed by atoms with E-state index in [4.69, 9.17) is 0 Å². The molecule has 0 bridgehead atoms. The van der Waals surface area contributed by atoms with Crippen LogP contribution in [0, 0.1) is 0 Å². The first kappa shape index (κ1) is 18.4. The molecule has 0 aliphatic carbocycles. The molecule has 0 spiro atoms. The van der Waals surface area contributed by atoms with Crippen molar-refractivity contribution >= 4 is 17.5 Å². The summed E-state index contributed by atoms with van der Waals surface area (Å²) in [5.41, 5.74) is 1.03. The number of benzene rings is 2. The molecule has 0 aliphatic heterocycles. The average molecular weight is 348 g/mol. The first-order valence-corrected chi connectivity index (χ1v) is 7.69. The van der Waals surface area contributed by atoms with E-state index in [2.05, 4.69) is 15.4 Å². The Morgan fingerprint density at radius 2 is 1.64 bits per heavy atom. The topological polar surface area (TPSA) is 67.4 Å². The maximum absolute atomic E-state index is 12.3. The molecule has 2 N–H and O–H groups in total. The van der Waals surface area contributed by atoms with Crippen LogP contribution in [0.25, 0.3) is 0 Å². The summed E-state index contributed by atoms with van der Waals surface area (Å²) in [6.45, 7) is -2.83. The molecule has 132 valence electrons. The molecule has 0 aromatic heterocycles.